The summed E-state index contributed by atoms with van der Waals surface area (Å²) in [5.41, 5.74) is 0.702. The Bertz CT molecular complexity index is 453. The van der Waals surface area contributed by atoms with Crippen LogP contribution in [-0.2, 0) is 23.1 Å². The molecule has 0 radical (unpaired) electrons. The van der Waals surface area contributed by atoms with Crippen LogP contribution in [0.3, 0.4) is 0 Å². The molecule has 0 unspecified atom stereocenters. The molecule has 4 heteroatoms. The van der Waals surface area contributed by atoms with Crippen LogP contribution >= 0.6 is 0 Å². The van der Waals surface area contributed by atoms with E-state index in [0.29, 0.717) is 6.61 Å². The van der Waals surface area contributed by atoms with Gasteiger partial charge in [0.2, 0.25) is 0 Å². The Kier molecular flexibility index (Phi) is 2.66. The first kappa shape index (κ1) is 12.0. The summed E-state index contributed by atoms with van der Waals surface area (Å²) in [6, 6.07) is 4.03. The largest absolute Gasteiger partial charge is 0.416 e. The van der Waals surface area contributed by atoms with Gasteiger partial charge < -0.3 is 4.74 Å². The standard InChI is InChI=1S/C14H15F3O/c15-14(16,17)11-5-4-10-9-18-13(12(10)8-11)6-2-1-3-7-13/h4-5,8H,1-3,6-7,9H2. The van der Waals surface area contributed by atoms with Gasteiger partial charge in [0.15, 0.2) is 0 Å². The molecule has 1 aliphatic heterocycles. The SMILES string of the molecule is FC(F)(F)c1ccc2c(c1)C1(CCCCC1)OC2. The normalized spacial score (nSPS) is 22.2. The molecule has 3 rings (SSSR count). The summed E-state index contributed by atoms with van der Waals surface area (Å²) < 4.78 is 44.2. The van der Waals surface area contributed by atoms with E-state index in [0.717, 1.165) is 49.3 Å². The van der Waals surface area contributed by atoms with E-state index in [9.17, 15) is 13.2 Å². The van der Waals surface area contributed by atoms with E-state index in [1.54, 1.807) is 6.07 Å². The summed E-state index contributed by atoms with van der Waals surface area (Å²) in [6.45, 7) is 0.452. The fourth-order valence-electron chi connectivity index (χ4n) is 3.13. The monoisotopic (exact) mass is 256 g/mol. The van der Waals surface area contributed by atoms with E-state index in [1.165, 1.54) is 6.07 Å². The summed E-state index contributed by atoms with van der Waals surface area (Å²) in [4.78, 5) is 0. The molecular weight excluding hydrogens is 241 g/mol. The van der Waals surface area contributed by atoms with Gasteiger partial charge in [-0.05, 0) is 36.1 Å². The van der Waals surface area contributed by atoms with Crippen LogP contribution in [0.1, 0.15) is 48.8 Å². The fourth-order valence-corrected chi connectivity index (χ4v) is 3.13. The summed E-state index contributed by atoms with van der Waals surface area (Å²) in [7, 11) is 0. The van der Waals surface area contributed by atoms with E-state index in [-0.39, 0.29) is 0 Å². The third kappa shape index (κ3) is 1.83. The van der Waals surface area contributed by atoms with Crippen molar-refractivity contribution < 1.29 is 17.9 Å². The highest BCUT2D eigenvalue weighted by molar-refractivity contribution is 5.40. The number of hydrogen-bond acceptors (Lipinski definition) is 1. The van der Waals surface area contributed by atoms with Gasteiger partial charge in [-0.2, -0.15) is 13.2 Å². The second kappa shape index (κ2) is 3.98. The first-order valence-corrected chi connectivity index (χ1v) is 6.36. The maximum atomic E-state index is 12.8. The molecular formula is C14H15F3O. The smallest absolute Gasteiger partial charge is 0.366 e. The highest BCUT2D eigenvalue weighted by atomic mass is 19.4. The molecule has 1 aromatic carbocycles. The fraction of sp³-hybridized carbons (Fsp3) is 0.571. The molecule has 1 aromatic rings. The summed E-state index contributed by atoms with van der Waals surface area (Å²) in [6.07, 6.45) is 0.654. The third-order valence-electron chi connectivity index (χ3n) is 4.09. The minimum absolute atomic E-state index is 0.436. The topological polar surface area (TPSA) is 9.23 Å². The van der Waals surface area contributed by atoms with Crippen molar-refractivity contribution in [2.24, 2.45) is 0 Å². The molecule has 1 spiro atoms. The Balaban J connectivity index is 2.04. The van der Waals surface area contributed by atoms with Crippen LogP contribution in [0, 0.1) is 0 Å². The molecule has 1 fully saturated rings. The van der Waals surface area contributed by atoms with Crippen LogP contribution in [0.5, 0.6) is 0 Å². The average Bonchev–Trinajstić information content (AvgIpc) is 2.68. The zero-order chi connectivity index (χ0) is 12.8. The number of benzene rings is 1. The van der Waals surface area contributed by atoms with Crippen molar-refractivity contribution in [2.45, 2.75) is 50.5 Å². The van der Waals surface area contributed by atoms with Crippen LogP contribution in [0.15, 0.2) is 18.2 Å². The number of alkyl halides is 3. The second-order valence-electron chi connectivity index (χ2n) is 5.21. The molecule has 0 amide bonds. The summed E-state index contributed by atoms with van der Waals surface area (Å²) in [5.74, 6) is 0. The zero-order valence-corrected chi connectivity index (χ0v) is 10.0. The zero-order valence-electron chi connectivity index (χ0n) is 10.0. The van der Waals surface area contributed by atoms with Crippen LogP contribution in [-0.4, -0.2) is 0 Å². The summed E-state index contributed by atoms with van der Waals surface area (Å²) in [5, 5.41) is 0. The van der Waals surface area contributed by atoms with E-state index in [1.807, 2.05) is 0 Å². The van der Waals surface area contributed by atoms with E-state index >= 15 is 0 Å². The van der Waals surface area contributed by atoms with Crippen molar-refractivity contribution in [3.8, 4) is 0 Å². The summed E-state index contributed by atoms with van der Waals surface area (Å²) >= 11 is 0. The van der Waals surface area contributed by atoms with Gasteiger partial charge in [0.05, 0.1) is 17.8 Å². The van der Waals surface area contributed by atoms with Crippen LogP contribution in [0.2, 0.25) is 0 Å². The number of hydrogen-bond donors (Lipinski definition) is 0. The molecule has 1 saturated carbocycles. The van der Waals surface area contributed by atoms with Crippen LogP contribution in [0.25, 0.3) is 0 Å². The Labute approximate surface area is 104 Å². The number of ether oxygens (including phenoxy) is 1. The first-order chi connectivity index (χ1) is 8.51. The lowest BCUT2D eigenvalue weighted by atomic mass is 9.79. The molecule has 1 nitrogen and oxygen atoms in total. The van der Waals surface area contributed by atoms with E-state index < -0.39 is 17.3 Å². The highest BCUT2D eigenvalue weighted by Gasteiger charge is 2.42. The lowest BCUT2D eigenvalue weighted by Crippen LogP contribution is -2.28. The molecule has 0 aromatic heterocycles. The molecule has 98 valence electrons. The van der Waals surface area contributed by atoms with Crippen LogP contribution in [0.4, 0.5) is 13.2 Å². The van der Waals surface area contributed by atoms with Gasteiger partial charge in [0.25, 0.3) is 0 Å². The minimum atomic E-state index is -4.27. The van der Waals surface area contributed by atoms with Gasteiger partial charge in [-0.15, -0.1) is 0 Å². The number of rotatable bonds is 0. The Hall–Kier alpha value is -1.03. The highest BCUT2D eigenvalue weighted by Crippen LogP contribution is 2.48. The van der Waals surface area contributed by atoms with Crippen molar-refractivity contribution in [2.75, 3.05) is 0 Å². The predicted octanol–water partition coefficient (Wildman–Crippen LogP) is 4.40. The maximum absolute atomic E-state index is 12.8. The van der Waals surface area contributed by atoms with Gasteiger partial charge in [-0.3, -0.25) is 0 Å². The van der Waals surface area contributed by atoms with Crippen molar-refractivity contribution in [3.63, 3.8) is 0 Å². The average molecular weight is 256 g/mol. The van der Waals surface area contributed by atoms with Crippen molar-refractivity contribution in [1.29, 1.82) is 0 Å². The van der Waals surface area contributed by atoms with Gasteiger partial charge in [0, 0.05) is 0 Å². The second-order valence-corrected chi connectivity index (χ2v) is 5.21. The molecule has 18 heavy (non-hydrogen) atoms. The molecule has 0 N–H and O–H groups in total. The van der Waals surface area contributed by atoms with Gasteiger partial charge in [-0.25, -0.2) is 0 Å². The molecule has 0 bridgehead atoms. The van der Waals surface area contributed by atoms with E-state index in [4.69, 9.17) is 4.74 Å². The molecule has 0 saturated heterocycles. The predicted molar refractivity (Wildman–Crippen MR) is 61.0 cm³/mol. The lowest BCUT2D eigenvalue weighted by molar-refractivity contribution is -0.137. The van der Waals surface area contributed by atoms with E-state index in [2.05, 4.69) is 0 Å². The third-order valence-corrected chi connectivity index (χ3v) is 4.09. The molecule has 1 aliphatic carbocycles. The molecule has 2 aliphatic rings. The Morgan fingerprint density at radius 3 is 2.44 bits per heavy atom. The van der Waals surface area contributed by atoms with Gasteiger partial charge in [0.1, 0.15) is 0 Å². The lowest BCUT2D eigenvalue weighted by Gasteiger charge is -2.33. The Morgan fingerprint density at radius 2 is 1.78 bits per heavy atom. The molecule has 0 atom stereocenters. The quantitative estimate of drug-likeness (QED) is 0.668. The number of fused-ring (bicyclic) bond motifs is 2. The first-order valence-electron chi connectivity index (χ1n) is 6.36. The number of halogens is 3. The van der Waals surface area contributed by atoms with Crippen molar-refractivity contribution in [3.05, 3.63) is 34.9 Å². The van der Waals surface area contributed by atoms with Crippen LogP contribution < -0.4 is 0 Å². The van der Waals surface area contributed by atoms with Gasteiger partial charge in [-0.1, -0.05) is 25.3 Å². The minimum Gasteiger partial charge on any atom is -0.366 e. The van der Waals surface area contributed by atoms with Crippen molar-refractivity contribution >= 4 is 0 Å². The Morgan fingerprint density at radius 1 is 1.06 bits per heavy atom. The van der Waals surface area contributed by atoms with Gasteiger partial charge >= 0.3 is 6.18 Å². The molecule has 1 heterocycles. The maximum Gasteiger partial charge on any atom is 0.416 e. The van der Waals surface area contributed by atoms with Crippen molar-refractivity contribution in [1.82, 2.24) is 0 Å².